The van der Waals surface area contributed by atoms with Crippen LogP contribution in [0.1, 0.15) is 5.56 Å². The van der Waals surface area contributed by atoms with Crippen LogP contribution in [-0.2, 0) is 4.79 Å². The van der Waals surface area contributed by atoms with Crippen LogP contribution in [0.25, 0.3) is 5.69 Å². The van der Waals surface area contributed by atoms with Crippen molar-refractivity contribution in [1.29, 1.82) is 0 Å². The van der Waals surface area contributed by atoms with Crippen molar-refractivity contribution in [3.8, 4) is 5.69 Å². The van der Waals surface area contributed by atoms with Crippen LogP contribution in [0.4, 0.5) is 5.95 Å². The summed E-state index contributed by atoms with van der Waals surface area (Å²) in [4.78, 5) is 10.6. The maximum atomic E-state index is 10.6. The van der Waals surface area contributed by atoms with E-state index < -0.39 is 5.97 Å². The zero-order valence-corrected chi connectivity index (χ0v) is 12.4. The summed E-state index contributed by atoms with van der Waals surface area (Å²) in [5.41, 5.74) is 7.66. The molecule has 8 heteroatoms. The quantitative estimate of drug-likeness (QED) is 0.826. The lowest BCUT2D eigenvalue weighted by Crippen LogP contribution is -2.04. The second-order valence-electron chi connectivity index (χ2n) is 3.79. The van der Waals surface area contributed by atoms with Gasteiger partial charge in [0.25, 0.3) is 0 Å². The van der Waals surface area contributed by atoms with Gasteiger partial charge in [-0.25, -0.2) is 0 Å². The molecule has 0 atom stereocenters. The summed E-state index contributed by atoms with van der Waals surface area (Å²) in [6.45, 7) is 1.98. The number of carbonyl (C=O) groups is 1. The summed E-state index contributed by atoms with van der Waals surface area (Å²) in [5, 5.41) is 16.8. The number of aromatic nitrogens is 3. The van der Waals surface area contributed by atoms with Gasteiger partial charge in [0.05, 0.1) is 11.4 Å². The van der Waals surface area contributed by atoms with Gasteiger partial charge in [-0.15, -0.1) is 10.2 Å². The number of hydrogen-bond donors (Lipinski definition) is 2. The molecule has 6 nitrogen and oxygen atoms in total. The number of aryl methyl sites for hydroxylation is 1. The average Bonchev–Trinajstić information content (AvgIpc) is 2.71. The number of aliphatic carboxylic acids is 1. The average molecular weight is 343 g/mol. The SMILES string of the molecule is Cc1ccc(-n2c(N)nnc2SCC(=O)O)cc1Br. The fourth-order valence-corrected chi connectivity index (χ4v) is 2.51. The smallest absolute Gasteiger partial charge is 0.313 e. The molecule has 100 valence electrons. The number of carboxylic acids is 1. The van der Waals surface area contributed by atoms with Crippen LogP contribution in [0, 0.1) is 6.92 Å². The molecule has 19 heavy (non-hydrogen) atoms. The first kappa shape index (κ1) is 13.9. The van der Waals surface area contributed by atoms with E-state index in [9.17, 15) is 4.79 Å². The highest BCUT2D eigenvalue weighted by atomic mass is 79.9. The molecule has 0 spiro atoms. The van der Waals surface area contributed by atoms with Crippen molar-refractivity contribution in [2.24, 2.45) is 0 Å². The largest absolute Gasteiger partial charge is 0.481 e. The predicted molar refractivity (Wildman–Crippen MR) is 76.6 cm³/mol. The third kappa shape index (κ3) is 3.07. The Hall–Kier alpha value is -1.54. The van der Waals surface area contributed by atoms with Gasteiger partial charge in [-0.3, -0.25) is 9.36 Å². The van der Waals surface area contributed by atoms with Crippen LogP contribution in [0.3, 0.4) is 0 Å². The summed E-state index contributed by atoms with van der Waals surface area (Å²) in [6.07, 6.45) is 0. The molecule has 0 aliphatic carbocycles. The Morgan fingerprint density at radius 1 is 1.53 bits per heavy atom. The molecule has 0 aliphatic rings. The molecule has 0 saturated carbocycles. The lowest BCUT2D eigenvalue weighted by Gasteiger charge is -2.08. The lowest BCUT2D eigenvalue weighted by molar-refractivity contribution is -0.133. The Balaban J connectivity index is 2.40. The van der Waals surface area contributed by atoms with Gasteiger partial charge in [0.15, 0.2) is 5.16 Å². The monoisotopic (exact) mass is 342 g/mol. The van der Waals surface area contributed by atoms with Crippen LogP contribution in [0.5, 0.6) is 0 Å². The molecule has 1 aromatic heterocycles. The maximum Gasteiger partial charge on any atom is 0.313 e. The van der Waals surface area contributed by atoms with Gasteiger partial charge < -0.3 is 10.8 Å². The number of benzene rings is 1. The van der Waals surface area contributed by atoms with Crippen molar-refractivity contribution >= 4 is 39.6 Å². The number of rotatable bonds is 4. The normalized spacial score (nSPS) is 10.6. The Labute approximate surface area is 122 Å². The Kier molecular flexibility index (Phi) is 4.11. The molecule has 2 rings (SSSR count). The van der Waals surface area contributed by atoms with E-state index in [1.165, 1.54) is 0 Å². The van der Waals surface area contributed by atoms with Crippen molar-refractivity contribution in [2.45, 2.75) is 12.1 Å². The van der Waals surface area contributed by atoms with E-state index >= 15 is 0 Å². The van der Waals surface area contributed by atoms with E-state index in [1.807, 2.05) is 25.1 Å². The van der Waals surface area contributed by atoms with Gasteiger partial charge in [-0.05, 0) is 24.6 Å². The topological polar surface area (TPSA) is 94.0 Å². The van der Waals surface area contributed by atoms with Crippen LogP contribution in [0.2, 0.25) is 0 Å². The number of nitrogen functional groups attached to an aromatic ring is 1. The van der Waals surface area contributed by atoms with Crippen molar-refractivity contribution in [3.05, 3.63) is 28.2 Å². The third-order valence-electron chi connectivity index (χ3n) is 2.40. The first-order valence-corrected chi connectivity index (χ1v) is 7.09. The molecule has 2 aromatic rings. The molecule has 3 N–H and O–H groups in total. The first-order valence-electron chi connectivity index (χ1n) is 5.31. The fraction of sp³-hybridized carbons (Fsp3) is 0.182. The summed E-state index contributed by atoms with van der Waals surface area (Å²) >= 11 is 4.52. The number of hydrogen-bond acceptors (Lipinski definition) is 5. The van der Waals surface area contributed by atoms with E-state index in [-0.39, 0.29) is 11.7 Å². The molecular weight excluding hydrogens is 332 g/mol. The van der Waals surface area contributed by atoms with Gasteiger partial charge in [0.2, 0.25) is 5.95 Å². The summed E-state index contributed by atoms with van der Waals surface area (Å²) in [6, 6.07) is 5.70. The minimum Gasteiger partial charge on any atom is -0.481 e. The molecular formula is C11H11BrN4O2S. The van der Waals surface area contributed by atoms with Gasteiger partial charge >= 0.3 is 5.97 Å². The van der Waals surface area contributed by atoms with E-state index in [2.05, 4.69) is 26.1 Å². The fourth-order valence-electron chi connectivity index (χ4n) is 1.46. The van der Waals surface area contributed by atoms with Gasteiger partial charge in [-0.2, -0.15) is 0 Å². The van der Waals surface area contributed by atoms with Crippen LogP contribution in [0.15, 0.2) is 27.8 Å². The molecule has 0 fully saturated rings. The maximum absolute atomic E-state index is 10.6. The highest BCUT2D eigenvalue weighted by Gasteiger charge is 2.14. The molecule has 0 radical (unpaired) electrons. The number of anilines is 1. The number of carboxylic acid groups (broad SMARTS) is 1. The van der Waals surface area contributed by atoms with Gasteiger partial charge in [0.1, 0.15) is 0 Å². The second kappa shape index (κ2) is 5.62. The van der Waals surface area contributed by atoms with Gasteiger partial charge in [0, 0.05) is 4.47 Å². The summed E-state index contributed by atoms with van der Waals surface area (Å²) in [7, 11) is 0. The van der Waals surface area contributed by atoms with Crippen molar-refractivity contribution in [3.63, 3.8) is 0 Å². The van der Waals surface area contributed by atoms with Crippen LogP contribution in [-0.4, -0.2) is 31.6 Å². The number of thioether (sulfide) groups is 1. The third-order valence-corrected chi connectivity index (χ3v) is 4.16. The minimum atomic E-state index is -0.914. The summed E-state index contributed by atoms with van der Waals surface area (Å²) in [5.74, 6) is -0.780. The van der Waals surface area contributed by atoms with E-state index in [1.54, 1.807) is 4.57 Å². The van der Waals surface area contributed by atoms with E-state index in [0.29, 0.717) is 5.16 Å². The molecule has 0 saturated heterocycles. The highest BCUT2D eigenvalue weighted by molar-refractivity contribution is 9.10. The first-order chi connectivity index (χ1) is 8.99. The number of nitrogens with zero attached hydrogens (tertiary/aromatic N) is 3. The minimum absolute atomic E-state index is 0.0921. The number of halogens is 1. The highest BCUT2D eigenvalue weighted by Crippen LogP contribution is 2.26. The molecule has 1 aromatic carbocycles. The zero-order chi connectivity index (χ0) is 14.0. The van der Waals surface area contributed by atoms with Crippen LogP contribution < -0.4 is 5.73 Å². The molecule has 1 heterocycles. The molecule has 0 bridgehead atoms. The van der Waals surface area contributed by atoms with E-state index in [0.717, 1.165) is 27.5 Å². The van der Waals surface area contributed by atoms with Crippen molar-refractivity contribution in [2.75, 3.05) is 11.5 Å². The van der Waals surface area contributed by atoms with Crippen molar-refractivity contribution in [1.82, 2.24) is 14.8 Å². The van der Waals surface area contributed by atoms with E-state index in [4.69, 9.17) is 10.8 Å². The Morgan fingerprint density at radius 3 is 2.89 bits per heavy atom. The second-order valence-corrected chi connectivity index (χ2v) is 5.59. The molecule has 0 aliphatic heterocycles. The number of nitrogens with two attached hydrogens (primary N) is 1. The lowest BCUT2D eigenvalue weighted by atomic mass is 10.2. The molecule has 0 amide bonds. The zero-order valence-electron chi connectivity index (χ0n) is 10.00. The van der Waals surface area contributed by atoms with Gasteiger partial charge in [-0.1, -0.05) is 33.8 Å². The molecule has 0 unspecified atom stereocenters. The Morgan fingerprint density at radius 2 is 2.26 bits per heavy atom. The standard InChI is InChI=1S/C11H11BrN4O2S/c1-6-2-3-7(4-8(6)12)16-10(13)14-15-11(16)19-5-9(17)18/h2-4H,5H2,1H3,(H2,13,14)(H,17,18). The predicted octanol–water partition coefficient (Wildman–Crippen LogP) is 2.10. The van der Waals surface area contributed by atoms with Crippen molar-refractivity contribution < 1.29 is 9.90 Å². The summed E-state index contributed by atoms with van der Waals surface area (Å²) < 4.78 is 2.56. The Bertz CT molecular complexity index is 629. The van der Waals surface area contributed by atoms with Crippen LogP contribution >= 0.6 is 27.7 Å².